The molecule has 1 fully saturated rings. The van der Waals surface area contributed by atoms with Gasteiger partial charge in [0.05, 0.1) is 6.10 Å². The quantitative estimate of drug-likeness (QED) is 0.792. The lowest BCUT2D eigenvalue weighted by molar-refractivity contribution is 0.199. The predicted molar refractivity (Wildman–Crippen MR) is 80.7 cm³/mol. The Hall–Kier alpha value is -1.55. The fourth-order valence-electron chi connectivity index (χ4n) is 2.63. The van der Waals surface area contributed by atoms with Crippen LogP contribution in [0.4, 0.5) is 10.5 Å². The molecular weight excluding hydrogens is 252 g/mol. The van der Waals surface area contributed by atoms with Crippen LogP contribution < -0.4 is 10.6 Å². The lowest BCUT2D eigenvalue weighted by atomic mass is 9.87. The molecular formula is C16H24N2O2. The fraction of sp³-hybridized carbons (Fsp3) is 0.562. The molecule has 4 heteroatoms. The van der Waals surface area contributed by atoms with E-state index in [9.17, 15) is 9.90 Å². The van der Waals surface area contributed by atoms with Gasteiger partial charge in [0.25, 0.3) is 0 Å². The van der Waals surface area contributed by atoms with E-state index in [0.717, 1.165) is 24.3 Å². The zero-order chi connectivity index (χ0) is 14.5. The summed E-state index contributed by atoms with van der Waals surface area (Å²) in [5.41, 5.74) is 1.51. The van der Waals surface area contributed by atoms with Crippen LogP contribution in [0.1, 0.15) is 51.2 Å². The van der Waals surface area contributed by atoms with Gasteiger partial charge in [0, 0.05) is 11.7 Å². The Bertz CT molecular complexity index is 452. The van der Waals surface area contributed by atoms with Gasteiger partial charge < -0.3 is 15.7 Å². The summed E-state index contributed by atoms with van der Waals surface area (Å²) in [4.78, 5) is 12.0. The Balaban J connectivity index is 1.86. The highest BCUT2D eigenvalue weighted by molar-refractivity contribution is 5.89. The predicted octanol–water partition coefficient (Wildman–Crippen LogP) is 3.44. The third-order valence-electron chi connectivity index (χ3n) is 3.98. The number of hydrogen-bond donors (Lipinski definition) is 3. The van der Waals surface area contributed by atoms with Crippen molar-refractivity contribution in [2.24, 2.45) is 5.92 Å². The van der Waals surface area contributed by atoms with E-state index in [-0.39, 0.29) is 12.1 Å². The molecule has 2 rings (SSSR count). The van der Waals surface area contributed by atoms with Crippen LogP contribution in [-0.2, 0) is 0 Å². The maximum Gasteiger partial charge on any atom is 0.319 e. The van der Waals surface area contributed by atoms with Crippen LogP contribution in [0, 0.1) is 5.92 Å². The van der Waals surface area contributed by atoms with Gasteiger partial charge in [0.15, 0.2) is 0 Å². The Labute approximate surface area is 120 Å². The molecule has 1 saturated carbocycles. The van der Waals surface area contributed by atoms with Gasteiger partial charge in [-0.25, -0.2) is 4.79 Å². The number of aliphatic hydroxyl groups excluding tert-OH is 1. The monoisotopic (exact) mass is 276 g/mol. The van der Waals surface area contributed by atoms with Gasteiger partial charge in [-0.15, -0.1) is 0 Å². The van der Waals surface area contributed by atoms with Crippen LogP contribution in [0.2, 0.25) is 0 Å². The molecule has 4 nitrogen and oxygen atoms in total. The second kappa shape index (κ2) is 6.75. The molecule has 1 aromatic carbocycles. The second-order valence-electron chi connectivity index (χ2n) is 5.86. The number of anilines is 1. The normalized spacial score (nSPS) is 23.9. The number of aliphatic hydroxyl groups is 1. The van der Waals surface area contributed by atoms with Crippen LogP contribution in [0.3, 0.4) is 0 Å². The molecule has 1 aliphatic rings. The Morgan fingerprint density at radius 1 is 1.30 bits per heavy atom. The highest BCUT2D eigenvalue weighted by Crippen LogP contribution is 2.23. The molecule has 1 atom stereocenters. The maximum absolute atomic E-state index is 12.0. The molecule has 1 unspecified atom stereocenters. The van der Waals surface area contributed by atoms with E-state index in [2.05, 4.69) is 17.6 Å². The summed E-state index contributed by atoms with van der Waals surface area (Å²) in [6, 6.07) is 7.43. The molecule has 3 N–H and O–H groups in total. The van der Waals surface area contributed by atoms with Gasteiger partial charge in [0.1, 0.15) is 0 Å². The number of benzene rings is 1. The highest BCUT2D eigenvalue weighted by atomic mass is 16.3. The van der Waals surface area contributed by atoms with Crippen LogP contribution in [0.5, 0.6) is 0 Å². The van der Waals surface area contributed by atoms with Crippen LogP contribution in [0.15, 0.2) is 24.3 Å². The lowest BCUT2D eigenvalue weighted by Crippen LogP contribution is -2.39. The summed E-state index contributed by atoms with van der Waals surface area (Å²) in [5, 5.41) is 15.4. The molecule has 0 aromatic heterocycles. The molecule has 0 aliphatic heterocycles. The van der Waals surface area contributed by atoms with Gasteiger partial charge in [-0.2, -0.15) is 0 Å². The van der Waals surface area contributed by atoms with E-state index in [1.165, 1.54) is 12.8 Å². The van der Waals surface area contributed by atoms with E-state index in [1.54, 1.807) is 13.0 Å². The van der Waals surface area contributed by atoms with Crippen molar-refractivity contribution in [3.63, 3.8) is 0 Å². The Morgan fingerprint density at radius 2 is 2.00 bits per heavy atom. The molecule has 110 valence electrons. The first-order valence-corrected chi connectivity index (χ1v) is 7.40. The molecule has 20 heavy (non-hydrogen) atoms. The summed E-state index contributed by atoms with van der Waals surface area (Å²) in [7, 11) is 0. The minimum absolute atomic E-state index is 0.160. The molecule has 0 heterocycles. The van der Waals surface area contributed by atoms with E-state index >= 15 is 0 Å². The van der Waals surface area contributed by atoms with Crippen molar-refractivity contribution in [1.82, 2.24) is 5.32 Å². The van der Waals surface area contributed by atoms with Gasteiger partial charge >= 0.3 is 6.03 Å². The van der Waals surface area contributed by atoms with Crippen LogP contribution in [-0.4, -0.2) is 17.2 Å². The van der Waals surface area contributed by atoms with Crippen molar-refractivity contribution in [1.29, 1.82) is 0 Å². The highest BCUT2D eigenvalue weighted by Gasteiger charge is 2.19. The molecule has 1 aliphatic carbocycles. The molecule has 0 saturated heterocycles. The summed E-state index contributed by atoms with van der Waals surface area (Å²) in [6.45, 7) is 3.97. The number of carbonyl (C=O) groups excluding carboxylic acids is 1. The minimum atomic E-state index is -0.528. The number of rotatable bonds is 3. The van der Waals surface area contributed by atoms with Gasteiger partial charge in [-0.1, -0.05) is 19.1 Å². The van der Waals surface area contributed by atoms with Crippen molar-refractivity contribution in [2.75, 3.05) is 5.32 Å². The number of hydrogen-bond acceptors (Lipinski definition) is 2. The fourth-order valence-corrected chi connectivity index (χ4v) is 2.63. The smallest absolute Gasteiger partial charge is 0.319 e. The number of nitrogens with one attached hydrogen (secondary N) is 2. The molecule has 2 amide bonds. The molecule has 0 spiro atoms. The number of urea groups is 1. The van der Waals surface area contributed by atoms with Gasteiger partial charge in [-0.3, -0.25) is 0 Å². The van der Waals surface area contributed by atoms with Crippen molar-refractivity contribution < 1.29 is 9.90 Å². The van der Waals surface area contributed by atoms with E-state index in [1.807, 2.05) is 18.2 Å². The molecule has 1 aromatic rings. The molecule has 0 radical (unpaired) electrons. The van der Waals surface area contributed by atoms with Crippen LogP contribution in [0.25, 0.3) is 0 Å². The first kappa shape index (κ1) is 14.9. The zero-order valence-electron chi connectivity index (χ0n) is 12.2. The second-order valence-corrected chi connectivity index (χ2v) is 5.86. The van der Waals surface area contributed by atoms with Crippen molar-refractivity contribution >= 4 is 11.7 Å². The zero-order valence-corrected chi connectivity index (χ0v) is 12.2. The third-order valence-corrected chi connectivity index (χ3v) is 3.98. The standard InChI is InChI=1S/C16H24N2O2/c1-11-6-8-14(9-7-11)17-16(20)18-15-5-3-4-13(10-15)12(2)19/h3-5,10-12,14,19H,6-9H2,1-2H3,(H2,17,18,20). The SMILES string of the molecule is CC1CCC(NC(=O)Nc2cccc(C(C)O)c2)CC1. The third kappa shape index (κ3) is 4.23. The maximum atomic E-state index is 12.0. The Kier molecular flexibility index (Phi) is 5.01. The van der Waals surface area contributed by atoms with Crippen molar-refractivity contribution in [3.05, 3.63) is 29.8 Å². The number of carbonyl (C=O) groups is 1. The van der Waals surface area contributed by atoms with Crippen molar-refractivity contribution in [2.45, 2.75) is 51.7 Å². The van der Waals surface area contributed by atoms with Crippen LogP contribution >= 0.6 is 0 Å². The molecule has 0 bridgehead atoms. The number of amides is 2. The lowest BCUT2D eigenvalue weighted by Gasteiger charge is -2.26. The summed E-state index contributed by atoms with van der Waals surface area (Å²) >= 11 is 0. The average Bonchev–Trinajstić information content (AvgIpc) is 2.41. The summed E-state index contributed by atoms with van der Waals surface area (Å²) in [6.07, 6.45) is 3.95. The van der Waals surface area contributed by atoms with Gasteiger partial charge in [0.2, 0.25) is 0 Å². The average molecular weight is 276 g/mol. The minimum Gasteiger partial charge on any atom is -0.389 e. The largest absolute Gasteiger partial charge is 0.389 e. The summed E-state index contributed by atoms with van der Waals surface area (Å²) < 4.78 is 0. The first-order chi connectivity index (χ1) is 9.54. The van der Waals surface area contributed by atoms with E-state index in [0.29, 0.717) is 5.69 Å². The topological polar surface area (TPSA) is 61.4 Å². The van der Waals surface area contributed by atoms with E-state index < -0.39 is 6.10 Å². The summed E-state index contributed by atoms with van der Waals surface area (Å²) in [5.74, 6) is 0.777. The van der Waals surface area contributed by atoms with Gasteiger partial charge in [-0.05, 0) is 56.2 Å². The first-order valence-electron chi connectivity index (χ1n) is 7.40. The van der Waals surface area contributed by atoms with Crippen molar-refractivity contribution in [3.8, 4) is 0 Å². The Morgan fingerprint density at radius 3 is 2.65 bits per heavy atom. The van der Waals surface area contributed by atoms with E-state index in [4.69, 9.17) is 0 Å².